The molecule has 1 amide bonds. The first-order valence-corrected chi connectivity index (χ1v) is 11.4. The van der Waals surface area contributed by atoms with Crippen molar-refractivity contribution in [1.29, 1.82) is 0 Å². The summed E-state index contributed by atoms with van der Waals surface area (Å²) >= 11 is 6.41. The van der Waals surface area contributed by atoms with Crippen LogP contribution >= 0.6 is 11.6 Å². The number of hydrogen-bond donors (Lipinski definition) is 2. The zero-order chi connectivity index (χ0) is 23.1. The molecule has 166 valence electrons. The van der Waals surface area contributed by atoms with Crippen molar-refractivity contribution in [2.45, 2.75) is 12.7 Å². The molecule has 3 heterocycles. The molecule has 0 spiro atoms. The fourth-order valence-corrected chi connectivity index (χ4v) is 4.59. The number of carbonyl (C=O) groups is 1. The molecule has 0 saturated carbocycles. The lowest BCUT2D eigenvalue weighted by Crippen LogP contribution is -2.32. The molecule has 0 unspecified atom stereocenters. The summed E-state index contributed by atoms with van der Waals surface area (Å²) in [5.41, 5.74) is 6.12. The van der Waals surface area contributed by atoms with Crippen LogP contribution < -0.4 is 5.32 Å². The zero-order valence-corrected chi connectivity index (χ0v) is 18.8. The van der Waals surface area contributed by atoms with Crippen LogP contribution in [0.5, 0.6) is 0 Å². The van der Waals surface area contributed by atoms with E-state index in [4.69, 9.17) is 11.6 Å². The minimum Gasteiger partial charge on any atom is -0.361 e. The molecule has 34 heavy (non-hydrogen) atoms. The van der Waals surface area contributed by atoms with Crippen molar-refractivity contribution in [3.63, 3.8) is 0 Å². The topological polar surface area (TPSA) is 73.9 Å². The van der Waals surface area contributed by atoms with E-state index >= 15 is 0 Å². The number of pyridine rings is 1. The maximum absolute atomic E-state index is 13.3. The lowest BCUT2D eigenvalue weighted by molar-refractivity contribution is 0.0729. The minimum atomic E-state index is -0.321. The largest absolute Gasteiger partial charge is 0.361 e. The SMILES string of the molecule is O=C1c2ccccc2[C@H](Nc2ccc3nc(-c4cccnc4)[nH]c3c2)N1Cc1ccccc1Cl. The van der Waals surface area contributed by atoms with E-state index in [9.17, 15) is 4.79 Å². The van der Waals surface area contributed by atoms with Crippen molar-refractivity contribution in [3.8, 4) is 11.4 Å². The number of halogens is 1. The summed E-state index contributed by atoms with van der Waals surface area (Å²) in [6.45, 7) is 0.405. The molecular formula is C27H20ClN5O. The summed E-state index contributed by atoms with van der Waals surface area (Å²) in [6.07, 6.45) is 3.20. The Kier molecular flexibility index (Phi) is 5.00. The van der Waals surface area contributed by atoms with E-state index in [1.54, 1.807) is 12.4 Å². The van der Waals surface area contributed by atoms with Gasteiger partial charge in [0.2, 0.25) is 0 Å². The average molecular weight is 466 g/mol. The molecule has 0 aliphatic carbocycles. The molecule has 0 saturated heterocycles. The monoisotopic (exact) mass is 465 g/mol. The summed E-state index contributed by atoms with van der Waals surface area (Å²) in [7, 11) is 0. The fourth-order valence-electron chi connectivity index (χ4n) is 4.40. The normalized spacial score (nSPS) is 15.0. The number of nitrogens with one attached hydrogen (secondary N) is 2. The van der Waals surface area contributed by atoms with Gasteiger partial charge in [0.25, 0.3) is 5.91 Å². The molecule has 0 radical (unpaired) electrons. The summed E-state index contributed by atoms with van der Waals surface area (Å²) < 4.78 is 0. The molecular weight excluding hydrogens is 446 g/mol. The lowest BCUT2D eigenvalue weighted by atomic mass is 10.1. The number of carbonyl (C=O) groups excluding carboxylic acids is 1. The van der Waals surface area contributed by atoms with Crippen LogP contribution in [-0.4, -0.2) is 25.8 Å². The highest BCUT2D eigenvalue weighted by molar-refractivity contribution is 6.31. The number of anilines is 1. The maximum atomic E-state index is 13.3. The van der Waals surface area contributed by atoms with Gasteiger partial charge in [0.15, 0.2) is 0 Å². The van der Waals surface area contributed by atoms with Crippen LogP contribution in [0.25, 0.3) is 22.4 Å². The third kappa shape index (κ3) is 3.58. The standard InChI is InChI=1S/C27H20ClN5O/c28-22-10-4-1-6-18(22)16-33-26(20-8-2-3-9-21(20)27(33)34)30-19-11-12-23-24(14-19)32-25(31-23)17-7-5-13-29-15-17/h1-15,26,30H,16H2,(H,31,32)/t26-/m1/s1. The number of fused-ring (bicyclic) bond motifs is 2. The van der Waals surface area contributed by atoms with Gasteiger partial charge in [-0.05, 0) is 48.0 Å². The van der Waals surface area contributed by atoms with Crippen molar-refractivity contribution in [2.75, 3.05) is 5.32 Å². The first kappa shape index (κ1) is 20.4. The van der Waals surface area contributed by atoms with Crippen molar-refractivity contribution in [1.82, 2.24) is 19.9 Å². The minimum absolute atomic E-state index is 0.0190. The van der Waals surface area contributed by atoms with Gasteiger partial charge < -0.3 is 15.2 Å². The van der Waals surface area contributed by atoms with Crippen molar-refractivity contribution in [3.05, 3.63) is 113 Å². The molecule has 1 atom stereocenters. The molecule has 0 bridgehead atoms. The quantitative estimate of drug-likeness (QED) is 0.331. The molecule has 7 heteroatoms. The number of rotatable bonds is 5. The Balaban J connectivity index is 1.35. The van der Waals surface area contributed by atoms with Crippen LogP contribution in [0.2, 0.25) is 5.02 Å². The first-order valence-electron chi connectivity index (χ1n) is 11.0. The Bertz CT molecular complexity index is 1510. The van der Waals surface area contributed by atoms with E-state index in [1.807, 2.05) is 83.8 Å². The molecule has 6 nitrogen and oxygen atoms in total. The van der Waals surface area contributed by atoms with Gasteiger partial charge in [0.05, 0.1) is 11.0 Å². The molecule has 6 rings (SSSR count). The Hall–Kier alpha value is -4.16. The Morgan fingerprint density at radius 3 is 2.71 bits per heavy atom. The van der Waals surface area contributed by atoms with Crippen LogP contribution in [0, 0.1) is 0 Å². The van der Waals surface area contributed by atoms with E-state index in [2.05, 4.69) is 20.3 Å². The summed E-state index contributed by atoms with van der Waals surface area (Å²) in [5.74, 6) is 0.747. The van der Waals surface area contributed by atoms with E-state index < -0.39 is 0 Å². The maximum Gasteiger partial charge on any atom is 0.256 e. The highest BCUT2D eigenvalue weighted by atomic mass is 35.5. The molecule has 5 aromatic rings. The second kappa shape index (κ2) is 8.32. The number of imidazole rings is 1. The second-order valence-electron chi connectivity index (χ2n) is 8.22. The number of nitrogens with zero attached hydrogens (tertiary/aromatic N) is 3. The number of benzene rings is 3. The van der Waals surface area contributed by atoms with Gasteiger partial charge in [0, 0.05) is 46.3 Å². The van der Waals surface area contributed by atoms with Gasteiger partial charge in [-0.25, -0.2) is 4.98 Å². The number of aromatic nitrogens is 3. The van der Waals surface area contributed by atoms with Gasteiger partial charge in [-0.15, -0.1) is 0 Å². The van der Waals surface area contributed by atoms with Gasteiger partial charge in [-0.3, -0.25) is 9.78 Å². The highest BCUT2D eigenvalue weighted by Crippen LogP contribution is 2.36. The summed E-state index contributed by atoms with van der Waals surface area (Å²) in [4.78, 5) is 27.4. The fraction of sp³-hybridized carbons (Fsp3) is 0.0741. The van der Waals surface area contributed by atoms with Gasteiger partial charge in [-0.1, -0.05) is 48.0 Å². The Labute approximate surface area is 201 Å². The van der Waals surface area contributed by atoms with Crippen molar-refractivity contribution < 1.29 is 4.79 Å². The average Bonchev–Trinajstić information content (AvgIpc) is 3.41. The molecule has 1 aliphatic heterocycles. The number of amides is 1. The number of aromatic amines is 1. The second-order valence-corrected chi connectivity index (χ2v) is 8.62. The van der Waals surface area contributed by atoms with E-state index in [0.29, 0.717) is 17.1 Å². The van der Waals surface area contributed by atoms with E-state index in [-0.39, 0.29) is 12.1 Å². The smallest absolute Gasteiger partial charge is 0.256 e. The van der Waals surface area contributed by atoms with E-state index in [1.165, 1.54) is 0 Å². The Morgan fingerprint density at radius 1 is 1.00 bits per heavy atom. The third-order valence-electron chi connectivity index (χ3n) is 6.08. The van der Waals surface area contributed by atoms with Gasteiger partial charge in [-0.2, -0.15) is 0 Å². The molecule has 3 aromatic carbocycles. The third-order valence-corrected chi connectivity index (χ3v) is 6.45. The van der Waals surface area contributed by atoms with Crippen molar-refractivity contribution in [2.24, 2.45) is 0 Å². The summed E-state index contributed by atoms with van der Waals surface area (Å²) in [5, 5.41) is 4.21. The van der Waals surface area contributed by atoms with Crippen LogP contribution in [0.1, 0.15) is 27.7 Å². The highest BCUT2D eigenvalue weighted by Gasteiger charge is 2.36. The van der Waals surface area contributed by atoms with Crippen LogP contribution in [0.15, 0.2) is 91.3 Å². The van der Waals surface area contributed by atoms with Crippen molar-refractivity contribution >= 4 is 34.2 Å². The lowest BCUT2D eigenvalue weighted by Gasteiger charge is -2.27. The Morgan fingerprint density at radius 2 is 1.85 bits per heavy atom. The molecule has 1 aliphatic rings. The number of hydrogen-bond acceptors (Lipinski definition) is 4. The zero-order valence-electron chi connectivity index (χ0n) is 18.1. The van der Waals surface area contributed by atoms with Crippen LogP contribution in [-0.2, 0) is 6.54 Å². The molecule has 2 aromatic heterocycles. The molecule has 2 N–H and O–H groups in total. The predicted molar refractivity (Wildman–Crippen MR) is 133 cm³/mol. The van der Waals surface area contributed by atoms with Gasteiger partial charge in [0.1, 0.15) is 12.0 Å². The van der Waals surface area contributed by atoms with Gasteiger partial charge >= 0.3 is 0 Å². The number of H-pyrrole nitrogens is 1. The first-order chi connectivity index (χ1) is 16.7. The van der Waals surface area contributed by atoms with Crippen LogP contribution in [0.4, 0.5) is 5.69 Å². The van der Waals surface area contributed by atoms with Crippen LogP contribution in [0.3, 0.4) is 0 Å². The predicted octanol–water partition coefficient (Wildman–Crippen LogP) is 6.05. The molecule has 0 fully saturated rings. The summed E-state index contributed by atoms with van der Waals surface area (Å²) in [6, 6.07) is 25.2. The van der Waals surface area contributed by atoms with E-state index in [0.717, 1.165) is 39.2 Å².